The SMILES string of the molecule is CC(=O)C=Cc1cc2c(cc1[N+](=O)[O-])OCO2. The molecular weight excluding hydrogens is 226 g/mol. The minimum atomic E-state index is -0.526. The maximum Gasteiger partial charge on any atom is 0.280 e. The number of ether oxygens (including phenoxy) is 2. The Bertz CT molecular complexity index is 521. The molecule has 1 heterocycles. The highest BCUT2D eigenvalue weighted by molar-refractivity contribution is 5.92. The highest BCUT2D eigenvalue weighted by Crippen LogP contribution is 2.38. The van der Waals surface area contributed by atoms with Crippen LogP contribution in [0.5, 0.6) is 11.5 Å². The Kier molecular flexibility index (Phi) is 2.78. The van der Waals surface area contributed by atoms with Crippen LogP contribution in [0, 0.1) is 10.1 Å². The van der Waals surface area contributed by atoms with E-state index in [-0.39, 0.29) is 18.3 Å². The van der Waals surface area contributed by atoms with Crippen molar-refractivity contribution in [3.8, 4) is 11.5 Å². The Morgan fingerprint density at radius 3 is 2.65 bits per heavy atom. The van der Waals surface area contributed by atoms with Crippen LogP contribution in [0.4, 0.5) is 5.69 Å². The average molecular weight is 235 g/mol. The molecular formula is C11H9NO5. The van der Waals surface area contributed by atoms with Crippen molar-refractivity contribution < 1.29 is 19.2 Å². The molecule has 0 saturated carbocycles. The first-order valence-corrected chi connectivity index (χ1v) is 4.84. The fraction of sp³-hybridized carbons (Fsp3) is 0.182. The van der Waals surface area contributed by atoms with E-state index < -0.39 is 4.92 Å². The van der Waals surface area contributed by atoms with Crippen molar-refractivity contribution in [3.05, 3.63) is 33.9 Å². The van der Waals surface area contributed by atoms with Crippen molar-refractivity contribution in [3.63, 3.8) is 0 Å². The molecule has 2 rings (SSSR count). The van der Waals surface area contributed by atoms with Crippen LogP contribution in [0.3, 0.4) is 0 Å². The van der Waals surface area contributed by atoms with Gasteiger partial charge in [0.15, 0.2) is 17.3 Å². The van der Waals surface area contributed by atoms with E-state index in [2.05, 4.69) is 0 Å². The molecule has 6 nitrogen and oxygen atoms in total. The topological polar surface area (TPSA) is 78.7 Å². The quantitative estimate of drug-likeness (QED) is 0.454. The van der Waals surface area contributed by atoms with Gasteiger partial charge < -0.3 is 9.47 Å². The number of benzene rings is 1. The zero-order valence-corrected chi connectivity index (χ0v) is 9.00. The zero-order valence-electron chi connectivity index (χ0n) is 9.00. The Morgan fingerprint density at radius 2 is 2.06 bits per heavy atom. The number of hydrogen-bond acceptors (Lipinski definition) is 5. The van der Waals surface area contributed by atoms with E-state index >= 15 is 0 Å². The number of carbonyl (C=O) groups excluding carboxylic acids is 1. The van der Waals surface area contributed by atoms with Gasteiger partial charge in [0.2, 0.25) is 6.79 Å². The molecule has 0 unspecified atom stereocenters. The second-order valence-electron chi connectivity index (χ2n) is 3.47. The molecule has 0 bridgehead atoms. The Morgan fingerprint density at radius 1 is 1.41 bits per heavy atom. The molecule has 6 heteroatoms. The summed E-state index contributed by atoms with van der Waals surface area (Å²) in [5, 5.41) is 10.9. The number of carbonyl (C=O) groups is 1. The van der Waals surface area contributed by atoms with Crippen molar-refractivity contribution in [1.82, 2.24) is 0 Å². The number of nitro groups is 1. The number of rotatable bonds is 3. The Labute approximate surface area is 96.6 Å². The molecule has 0 atom stereocenters. The number of allylic oxidation sites excluding steroid dienone is 1. The van der Waals surface area contributed by atoms with E-state index in [0.717, 1.165) is 0 Å². The number of hydrogen-bond donors (Lipinski definition) is 0. The summed E-state index contributed by atoms with van der Waals surface area (Å²) in [6.45, 7) is 1.42. The third-order valence-electron chi connectivity index (χ3n) is 2.22. The number of nitro benzene ring substituents is 1. The molecule has 0 saturated heterocycles. The van der Waals surface area contributed by atoms with Gasteiger partial charge >= 0.3 is 0 Å². The van der Waals surface area contributed by atoms with E-state index in [1.54, 1.807) is 0 Å². The largest absolute Gasteiger partial charge is 0.454 e. The average Bonchev–Trinajstić information content (AvgIpc) is 2.71. The summed E-state index contributed by atoms with van der Waals surface area (Å²) in [6.07, 6.45) is 2.66. The summed E-state index contributed by atoms with van der Waals surface area (Å²) in [6, 6.07) is 2.78. The van der Waals surface area contributed by atoms with E-state index in [4.69, 9.17) is 9.47 Å². The summed E-state index contributed by atoms with van der Waals surface area (Å²) in [5.74, 6) is 0.604. The van der Waals surface area contributed by atoms with Gasteiger partial charge in [-0.1, -0.05) is 0 Å². The van der Waals surface area contributed by atoms with Crippen molar-refractivity contribution in [2.24, 2.45) is 0 Å². The zero-order chi connectivity index (χ0) is 12.4. The summed E-state index contributed by atoms with van der Waals surface area (Å²) >= 11 is 0. The number of fused-ring (bicyclic) bond motifs is 1. The molecule has 1 aliphatic heterocycles. The van der Waals surface area contributed by atoms with Gasteiger partial charge in [-0.2, -0.15) is 0 Å². The van der Waals surface area contributed by atoms with Gasteiger partial charge in [0.05, 0.1) is 16.6 Å². The summed E-state index contributed by atoms with van der Waals surface area (Å²) < 4.78 is 10.2. The molecule has 88 valence electrons. The van der Waals surface area contributed by atoms with Crippen molar-refractivity contribution in [2.45, 2.75) is 6.92 Å². The first-order valence-electron chi connectivity index (χ1n) is 4.84. The first-order chi connectivity index (χ1) is 8.08. The van der Waals surface area contributed by atoms with Crippen LogP contribution in [0.15, 0.2) is 18.2 Å². The Balaban J connectivity index is 2.48. The molecule has 0 N–H and O–H groups in total. The second-order valence-corrected chi connectivity index (χ2v) is 3.47. The van der Waals surface area contributed by atoms with Crippen LogP contribution < -0.4 is 9.47 Å². The van der Waals surface area contributed by atoms with E-state index in [1.165, 1.54) is 31.2 Å². The molecule has 1 aromatic rings. The van der Waals surface area contributed by atoms with Crippen LogP contribution in [-0.4, -0.2) is 17.5 Å². The standard InChI is InChI=1S/C11H9NO5/c1-7(13)2-3-8-4-10-11(17-6-16-10)5-9(8)12(14)15/h2-5H,6H2,1H3. The van der Waals surface area contributed by atoms with Crippen LogP contribution in [-0.2, 0) is 4.79 Å². The predicted molar refractivity (Wildman–Crippen MR) is 58.9 cm³/mol. The molecule has 0 fully saturated rings. The minimum Gasteiger partial charge on any atom is -0.454 e. The van der Waals surface area contributed by atoms with Crippen molar-refractivity contribution >= 4 is 17.5 Å². The van der Waals surface area contributed by atoms with Crippen LogP contribution in [0.2, 0.25) is 0 Å². The number of ketones is 1. The molecule has 1 aromatic carbocycles. The normalized spacial score (nSPS) is 13.0. The third-order valence-corrected chi connectivity index (χ3v) is 2.22. The van der Waals surface area contributed by atoms with Crippen LogP contribution in [0.1, 0.15) is 12.5 Å². The monoisotopic (exact) mass is 235 g/mol. The van der Waals surface area contributed by atoms with Crippen LogP contribution in [0.25, 0.3) is 6.08 Å². The van der Waals surface area contributed by atoms with E-state index in [9.17, 15) is 14.9 Å². The second kappa shape index (κ2) is 4.25. The fourth-order valence-corrected chi connectivity index (χ4v) is 1.45. The van der Waals surface area contributed by atoms with Crippen molar-refractivity contribution in [2.75, 3.05) is 6.79 Å². The highest BCUT2D eigenvalue weighted by atomic mass is 16.7. The number of nitrogens with zero attached hydrogens (tertiary/aromatic N) is 1. The summed E-state index contributed by atoms with van der Waals surface area (Å²) in [5.41, 5.74) is 0.196. The molecule has 0 aromatic heterocycles. The van der Waals surface area contributed by atoms with Gasteiger partial charge in [0.1, 0.15) is 0 Å². The molecule has 1 aliphatic rings. The highest BCUT2D eigenvalue weighted by Gasteiger charge is 2.21. The van der Waals surface area contributed by atoms with Gasteiger partial charge in [-0.25, -0.2) is 0 Å². The fourth-order valence-electron chi connectivity index (χ4n) is 1.45. The maximum atomic E-state index is 10.9. The molecule has 0 amide bonds. The molecule has 17 heavy (non-hydrogen) atoms. The van der Waals surface area contributed by atoms with Gasteiger partial charge in [0.25, 0.3) is 5.69 Å². The smallest absolute Gasteiger partial charge is 0.280 e. The molecule has 0 aliphatic carbocycles. The lowest BCUT2D eigenvalue weighted by Crippen LogP contribution is -1.93. The Hall–Kier alpha value is -2.37. The van der Waals surface area contributed by atoms with E-state index in [1.807, 2.05) is 0 Å². The lowest BCUT2D eigenvalue weighted by molar-refractivity contribution is -0.385. The van der Waals surface area contributed by atoms with Gasteiger partial charge in [0, 0.05) is 0 Å². The third kappa shape index (κ3) is 2.25. The minimum absolute atomic E-state index is 0.0480. The predicted octanol–water partition coefficient (Wildman–Crippen LogP) is 1.93. The lowest BCUT2D eigenvalue weighted by atomic mass is 10.1. The van der Waals surface area contributed by atoms with E-state index in [0.29, 0.717) is 17.1 Å². The molecule has 0 radical (unpaired) electrons. The van der Waals surface area contributed by atoms with Gasteiger partial charge in [-0.05, 0) is 25.1 Å². The molecule has 0 spiro atoms. The lowest BCUT2D eigenvalue weighted by Gasteiger charge is -2.00. The summed E-state index contributed by atoms with van der Waals surface area (Å²) in [7, 11) is 0. The van der Waals surface area contributed by atoms with Gasteiger partial charge in [-0.3, -0.25) is 14.9 Å². The maximum absolute atomic E-state index is 10.9. The summed E-state index contributed by atoms with van der Waals surface area (Å²) in [4.78, 5) is 21.2. The van der Waals surface area contributed by atoms with Crippen LogP contribution >= 0.6 is 0 Å². The van der Waals surface area contributed by atoms with Crippen molar-refractivity contribution in [1.29, 1.82) is 0 Å². The van der Waals surface area contributed by atoms with Gasteiger partial charge in [-0.15, -0.1) is 0 Å². The first kappa shape index (κ1) is 11.1.